The van der Waals surface area contributed by atoms with Crippen LogP contribution in [0.25, 0.3) is 22.5 Å². The fourth-order valence-corrected chi connectivity index (χ4v) is 2.48. The van der Waals surface area contributed by atoms with Gasteiger partial charge >= 0.3 is 0 Å². The third-order valence-corrected chi connectivity index (χ3v) is 3.51. The average molecular weight is 282 g/mol. The van der Waals surface area contributed by atoms with Crippen LogP contribution in [-0.4, -0.2) is 24.5 Å². The zero-order chi connectivity index (χ0) is 15.0. The highest BCUT2D eigenvalue weighted by Crippen LogP contribution is 2.35. The van der Waals surface area contributed by atoms with Crippen LogP contribution < -0.4 is 5.73 Å². The number of hydrogen-bond donors (Lipinski definition) is 1. The molecule has 0 radical (unpaired) electrons. The molecule has 0 amide bonds. The Morgan fingerprint density at radius 2 is 2.00 bits per heavy atom. The SMILES string of the molecule is CCc1nn(C)cc1-c1nn(C)c(N)c1-c1ccccn1. The van der Waals surface area contributed by atoms with Crippen LogP contribution in [0, 0.1) is 0 Å². The average Bonchev–Trinajstić information content (AvgIpc) is 3.01. The van der Waals surface area contributed by atoms with Gasteiger partial charge in [0.1, 0.15) is 11.5 Å². The maximum Gasteiger partial charge on any atom is 0.131 e. The lowest BCUT2D eigenvalue weighted by atomic mass is 10.0. The number of aryl methyl sites for hydroxylation is 3. The molecule has 3 aromatic heterocycles. The van der Waals surface area contributed by atoms with E-state index in [0.717, 1.165) is 34.6 Å². The van der Waals surface area contributed by atoms with E-state index in [0.29, 0.717) is 5.82 Å². The number of nitrogens with two attached hydrogens (primary N) is 1. The topological polar surface area (TPSA) is 74.5 Å². The molecule has 0 atom stereocenters. The first-order valence-corrected chi connectivity index (χ1v) is 6.88. The maximum atomic E-state index is 6.20. The summed E-state index contributed by atoms with van der Waals surface area (Å²) in [4.78, 5) is 4.41. The zero-order valence-electron chi connectivity index (χ0n) is 12.4. The number of nitrogens with zero attached hydrogens (tertiary/aromatic N) is 5. The first-order chi connectivity index (χ1) is 10.1. The Hall–Kier alpha value is -2.63. The second-order valence-electron chi connectivity index (χ2n) is 4.96. The molecule has 3 heterocycles. The van der Waals surface area contributed by atoms with Crippen molar-refractivity contribution in [3.63, 3.8) is 0 Å². The van der Waals surface area contributed by atoms with Gasteiger partial charge in [0.2, 0.25) is 0 Å². The van der Waals surface area contributed by atoms with E-state index in [1.807, 2.05) is 38.5 Å². The van der Waals surface area contributed by atoms with Crippen molar-refractivity contribution < 1.29 is 0 Å². The molecule has 0 aromatic carbocycles. The Morgan fingerprint density at radius 3 is 2.67 bits per heavy atom. The van der Waals surface area contributed by atoms with Gasteiger partial charge in [0.25, 0.3) is 0 Å². The lowest BCUT2D eigenvalue weighted by Crippen LogP contribution is -1.98. The molecule has 108 valence electrons. The van der Waals surface area contributed by atoms with Gasteiger partial charge in [-0.25, -0.2) is 0 Å². The minimum atomic E-state index is 0.606. The molecule has 0 aliphatic rings. The second-order valence-corrected chi connectivity index (χ2v) is 4.96. The van der Waals surface area contributed by atoms with E-state index in [9.17, 15) is 0 Å². The van der Waals surface area contributed by atoms with Crippen LogP contribution in [0.1, 0.15) is 12.6 Å². The summed E-state index contributed by atoms with van der Waals surface area (Å²) in [6.45, 7) is 2.08. The standard InChI is InChI=1S/C15H18N6/c1-4-11-10(9-20(2)18-11)14-13(15(16)21(3)19-14)12-7-5-6-8-17-12/h5-9H,4,16H2,1-3H3. The van der Waals surface area contributed by atoms with Gasteiger partial charge in [-0.15, -0.1) is 0 Å². The molecule has 0 spiro atoms. The number of hydrogen-bond acceptors (Lipinski definition) is 4. The Labute approximate surface area is 123 Å². The molecular weight excluding hydrogens is 264 g/mol. The largest absolute Gasteiger partial charge is 0.383 e. The molecule has 0 bridgehead atoms. The predicted molar refractivity (Wildman–Crippen MR) is 82.4 cm³/mol. The van der Waals surface area contributed by atoms with Gasteiger partial charge in [0.05, 0.1) is 17.0 Å². The van der Waals surface area contributed by atoms with Crippen LogP contribution in [0.4, 0.5) is 5.82 Å². The number of nitrogen functional groups attached to an aromatic ring is 1. The van der Waals surface area contributed by atoms with Crippen LogP contribution in [0.15, 0.2) is 30.6 Å². The number of rotatable bonds is 3. The Balaban J connectivity index is 2.27. The van der Waals surface area contributed by atoms with E-state index in [-0.39, 0.29) is 0 Å². The summed E-state index contributed by atoms with van der Waals surface area (Å²) < 4.78 is 3.49. The van der Waals surface area contributed by atoms with Gasteiger partial charge in [-0.1, -0.05) is 13.0 Å². The van der Waals surface area contributed by atoms with Crippen LogP contribution in [0.5, 0.6) is 0 Å². The molecule has 6 heteroatoms. The molecule has 0 aliphatic carbocycles. The van der Waals surface area contributed by atoms with E-state index in [1.54, 1.807) is 15.6 Å². The quantitative estimate of drug-likeness (QED) is 0.797. The molecule has 0 unspecified atom stereocenters. The van der Waals surface area contributed by atoms with Crippen molar-refractivity contribution in [2.45, 2.75) is 13.3 Å². The molecule has 0 fully saturated rings. The van der Waals surface area contributed by atoms with E-state index < -0.39 is 0 Å². The fraction of sp³-hybridized carbons (Fsp3) is 0.267. The third kappa shape index (κ3) is 2.18. The van der Waals surface area contributed by atoms with Crippen molar-refractivity contribution in [1.29, 1.82) is 0 Å². The van der Waals surface area contributed by atoms with Crippen LogP contribution in [-0.2, 0) is 20.5 Å². The summed E-state index contributed by atoms with van der Waals surface area (Å²) in [6.07, 6.45) is 4.58. The lowest BCUT2D eigenvalue weighted by molar-refractivity contribution is 0.746. The number of pyridine rings is 1. The number of anilines is 1. The van der Waals surface area contributed by atoms with Gasteiger partial charge in [0, 0.05) is 32.1 Å². The van der Waals surface area contributed by atoms with Crippen LogP contribution >= 0.6 is 0 Å². The molecule has 3 aromatic rings. The van der Waals surface area contributed by atoms with Crippen molar-refractivity contribution in [2.24, 2.45) is 14.1 Å². The Kier molecular flexibility index (Phi) is 3.21. The molecule has 0 saturated heterocycles. The molecule has 0 saturated carbocycles. The Morgan fingerprint density at radius 1 is 1.19 bits per heavy atom. The predicted octanol–water partition coefficient (Wildman–Crippen LogP) is 2.03. The van der Waals surface area contributed by atoms with Crippen molar-refractivity contribution >= 4 is 5.82 Å². The van der Waals surface area contributed by atoms with Crippen molar-refractivity contribution in [2.75, 3.05) is 5.73 Å². The highest BCUT2D eigenvalue weighted by atomic mass is 15.3. The normalized spacial score (nSPS) is 11.0. The van der Waals surface area contributed by atoms with Crippen molar-refractivity contribution in [3.05, 3.63) is 36.3 Å². The van der Waals surface area contributed by atoms with Gasteiger partial charge in [-0.2, -0.15) is 10.2 Å². The Bertz CT molecular complexity index is 769. The minimum absolute atomic E-state index is 0.606. The summed E-state index contributed by atoms with van der Waals surface area (Å²) in [7, 11) is 3.75. The fourth-order valence-electron chi connectivity index (χ4n) is 2.48. The molecule has 2 N–H and O–H groups in total. The van der Waals surface area contributed by atoms with Crippen molar-refractivity contribution in [3.8, 4) is 22.5 Å². The third-order valence-electron chi connectivity index (χ3n) is 3.51. The first kappa shape index (κ1) is 13.4. The smallest absolute Gasteiger partial charge is 0.131 e. The first-order valence-electron chi connectivity index (χ1n) is 6.88. The van der Waals surface area contributed by atoms with Gasteiger partial charge < -0.3 is 5.73 Å². The summed E-state index contributed by atoms with van der Waals surface area (Å²) in [5, 5.41) is 9.06. The van der Waals surface area contributed by atoms with E-state index in [4.69, 9.17) is 5.73 Å². The lowest BCUT2D eigenvalue weighted by Gasteiger charge is -2.02. The van der Waals surface area contributed by atoms with Gasteiger partial charge in [-0.3, -0.25) is 14.3 Å². The highest BCUT2D eigenvalue weighted by Gasteiger charge is 2.21. The van der Waals surface area contributed by atoms with Crippen LogP contribution in [0.2, 0.25) is 0 Å². The molecule has 21 heavy (non-hydrogen) atoms. The van der Waals surface area contributed by atoms with Gasteiger partial charge in [-0.05, 0) is 18.6 Å². The van der Waals surface area contributed by atoms with Gasteiger partial charge in [0.15, 0.2) is 0 Å². The monoisotopic (exact) mass is 282 g/mol. The molecular formula is C15H18N6. The molecule has 3 rings (SSSR count). The molecule has 6 nitrogen and oxygen atoms in total. The zero-order valence-corrected chi connectivity index (χ0v) is 12.4. The summed E-state index contributed by atoms with van der Waals surface area (Å²) in [6, 6.07) is 5.78. The van der Waals surface area contributed by atoms with Crippen molar-refractivity contribution in [1.82, 2.24) is 24.5 Å². The van der Waals surface area contributed by atoms with E-state index >= 15 is 0 Å². The maximum absolute atomic E-state index is 6.20. The molecule has 0 aliphatic heterocycles. The summed E-state index contributed by atoms with van der Waals surface area (Å²) in [5.41, 5.74) is 10.7. The minimum Gasteiger partial charge on any atom is -0.383 e. The van der Waals surface area contributed by atoms with E-state index in [2.05, 4.69) is 22.1 Å². The van der Waals surface area contributed by atoms with E-state index in [1.165, 1.54) is 0 Å². The summed E-state index contributed by atoms with van der Waals surface area (Å²) >= 11 is 0. The summed E-state index contributed by atoms with van der Waals surface area (Å²) in [5.74, 6) is 0.606. The highest BCUT2D eigenvalue weighted by molar-refractivity contribution is 5.87. The van der Waals surface area contributed by atoms with Crippen LogP contribution in [0.3, 0.4) is 0 Å². The number of aromatic nitrogens is 5. The second kappa shape index (κ2) is 5.05.